The third-order valence-electron chi connectivity index (χ3n) is 10.2. The number of hydrogen-bond acceptors (Lipinski definition) is 5. The molecular formula is C32H41F3N4O3. The van der Waals surface area contributed by atoms with Gasteiger partial charge in [-0.05, 0) is 100 Å². The van der Waals surface area contributed by atoms with Crippen molar-refractivity contribution in [2.75, 3.05) is 6.54 Å². The lowest BCUT2D eigenvalue weighted by Gasteiger charge is -2.57. The molecule has 1 unspecified atom stereocenters. The number of unbranched alkanes of at least 4 members (excludes halogenated alkanes) is 5. The normalized spacial score (nSPS) is 28.9. The number of piperidine rings is 1. The summed E-state index contributed by atoms with van der Waals surface area (Å²) in [7, 11) is 0. The predicted molar refractivity (Wildman–Crippen MR) is 153 cm³/mol. The quantitative estimate of drug-likeness (QED) is 0.255. The van der Waals surface area contributed by atoms with Crippen molar-refractivity contribution in [3.8, 4) is 0 Å². The number of carbonyl (C=O) groups is 2. The molecule has 1 saturated heterocycles. The molecule has 4 saturated carbocycles. The summed E-state index contributed by atoms with van der Waals surface area (Å²) < 4.78 is 42.3. The van der Waals surface area contributed by atoms with E-state index in [1.54, 1.807) is 12.1 Å². The van der Waals surface area contributed by atoms with Crippen LogP contribution in [0.4, 0.5) is 13.2 Å². The minimum Gasteiger partial charge on any atom is -0.311 e. The van der Waals surface area contributed by atoms with Crippen LogP contribution in [0.15, 0.2) is 23.0 Å². The van der Waals surface area contributed by atoms with Crippen LogP contribution in [0.2, 0.25) is 0 Å². The molecule has 1 aromatic carbocycles. The maximum Gasteiger partial charge on any atom is 0.449 e. The van der Waals surface area contributed by atoms with Crippen LogP contribution in [-0.2, 0) is 22.2 Å². The van der Waals surface area contributed by atoms with Gasteiger partial charge in [-0.15, -0.1) is 0 Å². The lowest BCUT2D eigenvalue weighted by molar-refractivity contribution is -0.150. The highest BCUT2D eigenvalue weighted by Crippen LogP contribution is 2.55. The first-order valence-electron chi connectivity index (χ1n) is 15.8. The summed E-state index contributed by atoms with van der Waals surface area (Å²) >= 11 is 0. The van der Waals surface area contributed by atoms with E-state index in [0.29, 0.717) is 22.1 Å². The summed E-state index contributed by atoms with van der Waals surface area (Å²) in [5.41, 5.74) is 0.142. The van der Waals surface area contributed by atoms with Gasteiger partial charge in [-0.3, -0.25) is 24.3 Å². The summed E-state index contributed by atoms with van der Waals surface area (Å²) in [5.74, 6) is -0.0316. The highest BCUT2D eigenvalue weighted by Gasteiger charge is 2.50. The van der Waals surface area contributed by atoms with Gasteiger partial charge in [0.15, 0.2) is 0 Å². The Balaban J connectivity index is 1.03. The number of carbonyl (C=O) groups excluding carboxylic acids is 2. The minimum atomic E-state index is -4.93. The number of imide groups is 1. The Morgan fingerprint density at radius 1 is 0.929 bits per heavy atom. The van der Waals surface area contributed by atoms with Crippen LogP contribution in [0.1, 0.15) is 107 Å². The van der Waals surface area contributed by atoms with E-state index in [2.05, 4.69) is 15.6 Å². The fourth-order valence-corrected chi connectivity index (χ4v) is 8.77. The Kier molecular flexibility index (Phi) is 8.19. The number of amides is 2. The number of nitrogens with zero attached hydrogens (tertiary/aromatic N) is 2. The van der Waals surface area contributed by atoms with Crippen LogP contribution in [0.25, 0.3) is 10.9 Å². The van der Waals surface area contributed by atoms with Crippen molar-refractivity contribution in [1.29, 1.82) is 0 Å². The SMILES string of the molecule is O=C1CCC(n2c(C(F)(F)F)nc3cccc(CCCCCCCCNC45CC6CC(CC(C6)C4)C5)c3c2=O)C(=O)N1. The van der Waals surface area contributed by atoms with E-state index in [4.69, 9.17) is 0 Å². The molecule has 2 amide bonds. The average molecular weight is 587 g/mol. The zero-order valence-electron chi connectivity index (χ0n) is 24.1. The van der Waals surface area contributed by atoms with Crippen LogP contribution in [-0.4, -0.2) is 33.4 Å². The first-order chi connectivity index (χ1) is 20.1. The van der Waals surface area contributed by atoms with Crippen molar-refractivity contribution in [3.63, 3.8) is 0 Å². The zero-order valence-corrected chi connectivity index (χ0v) is 24.1. The Morgan fingerprint density at radius 2 is 1.57 bits per heavy atom. The maximum absolute atomic E-state index is 14.0. The number of halogens is 3. The fraction of sp³-hybridized carbons (Fsp3) is 0.688. The van der Waals surface area contributed by atoms with Crippen LogP contribution < -0.4 is 16.2 Å². The molecular weight excluding hydrogens is 545 g/mol. The largest absolute Gasteiger partial charge is 0.449 e. The second-order valence-corrected chi connectivity index (χ2v) is 13.4. The number of nitrogens with one attached hydrogen (secondary N) is 2. The number of alkyl halides is 3. The van der Waals surface area contributed by atoms with Gasteiger partial charge in [-0.2, -0.15) is 13.2 Å². The molecule has 228 valence electrons. The van der Waals surface area contributed by atoms with Crippen molar-refractivity contribution in [2.24, 2.45) is 17.8 Å². The van der Waals surface area contributed by atoms with Crippen molar-refractivity contribution in [2.45, 2.75) is 114 Å². The van der Waals surface area contributed by atoms with Crippen molar-refractivity contribution in [1.82, 2.24) is 20.2 Å². The lowest BCUT2D eigenvalue weighted by atomic mass is 9.53. The number of rotatable bonds is 11. The van der Waals surface area contributed by atoms with Gasteiger partial charge < -0.3 is 5.32 Å². The Labute approximate surface area is 244 Å². The number of aryl methyl sites for hydroxylation is 1. The second-order valence-electron chi connectivity index (χ2n) is 13.4. The first-order valence-corrected chi connectivity index (χ1v) is 15.8. The topological polar surface area (TPSA) is 93.1 Å². The summed E-state index contributed by atoms with van der Waals surface area (Å²) in [6.45, 7) is 1.09. The second kappa shape index (κ2) is 11.7. The van der Waals surface area contributed by atoms with Gasteiger partial charge in [0.05, 0.1) is 10.9 Å². The Bertz CT molecular complexity index is 1370. The molecule has 10 heteroatoms. The predicted octanol–water partition coefficient (Wildman–Crippen LogP) is 5.83. The smallest absolute Gasteiger partial charge is 0.311 e. The summed E-state index contributed by atoms with van der Waals surface area (Å²) in [6.07, 6.45) is 10.1. The molecule has 4 aliphatic carbocycles. The Hall–Kier alpha value is -2.75. The van der Waals surface area contributed by atoms with Gasteiger partial charge in [0, 0.05) is 12.0 Å². The summed E-state index contributed by atoms with van der Waals surface area (Å²) in [4.78, 5) is 41.4. The van der Waals surface area contributed by atoms with E-state index in [0.717, 1.165) is 50.0 Å². The van der Waals surface area contributed by atoms with Crippen LogP contribution in [0.3, 0.4) is 0 Å². The molecule has 2 heterocycles. The van der Waals surface area contributed by atoms with Crippen LogP contribution in [0, 0.1) is 17.8 Å². The summed E-state index contributed by atoms with van der Waals surface area (Å²) in [6, 6.07) is 3.34. The molecule has 2 N–H and O–H groups in total. The molecule has 2 aromatic rings. The molecule has 1 atom stereocenters. The van der Waals surface area contributed by atoms with Gasteiger partial charge in [-0.1, -0.05) is 37.8 Å². The number of benzene rings is 1. The van der Waals surface area contributed by atoms with E-state index in [9.17, 15) is 27.6 Å². The molecule has 1 aromatic heterocycles. The molecule has 0 radical (unpaired) electrons. The molecule has 42 heavy (non-hydrogen) atoms. The highest BCUT2D eigenvalue weighted by molar-refractivity contribution is 5.99. The average Bonchev–Trinajstić information content (AvgIpc) is 2.91. The molecule has 7 rings (SSSR count). The lowest BCUT2D eigenvalue weighted by Crippen LogP contribution is -2.58. The molecule has 4 bridgehead atoms. The fourth-order valence-electron chi connectivity index (χ4n) is 8.77. The van der Waals surface area contributed by atoms with E-state index >= 15 is 0 Å². The molecule has 5 fully saturated rings. The first kappa shape index (κ1) is 29.3. The van der Waals surface area contributed by atoms with Gasteiger partial charge in [-0.25, -0.2) is 4.98 Å². The minimum absolute atomic E-state index is 0.0279. The molecule has 1 aliphatic heterocycles. The van der Waals surface area contributed by atoms with Gasteiger partial charge in [0.2, 0.25) is 17.6 Å². The molecule has 0 spiro atoms. The van der Waals surface area contributed by atoms with Gasteiger partial charge in [0.1, 0.15) is 6.04 Å². The number of fused-ring (bicyclic) bond motifs is 1. The third-order valence-corrected chi connectivity index (χ3v) is 10.2. The Morgan fingerprint density at radius 3 is 2.21 bits per heavy atom. The van der Waals surface area contributed by atoms with Crippen molar-refractivity contribution in [3.05, 3.63) is 39.9 Å². The van der Waals surface area contributed by atoms with E-state index in [1.165, 1.54) is 57.4 Å². The van der Waals surface area contributed by atoms with E-state index < -0.39 is 35.4 Å². The van der Waals surface area contributed by atoms with Crippen molar-refractivity contribution >= 4 is 22.7 Å². The van der Waals surface area contributed by atoms with Crippen LogP contribution >= 0.6 is 0 Å². The molecule has 5 aliphatic rings. The molecule has 7 nitrogen and oxygen atoms in total. The number of aromatic nitrogens is 2. The van der Waals surface area contributed by atoms with Gasteiger partial charge in [0.25, 0.3) is 5.56 Å². The maximum atomic E-state index is 14.0. The standard InChI is InChI=1S/C32H41F3N4O3/c33-32(34,35)30-37-24-10-7-9-23(27(24)29(42)39(30)25-11-12-26(40)38-28(25)41)8-5-3-1-2-4-6-13-36-31-17-20-14-21(18-31)16-22(15-20)19-31/h7,9-10,20-22,25,36H,1-6,8,11-19H2,(H,38,40,41). The van der Waals surface area contributed by atoms with E-state index in [-0.39, 0.29) is 23.7 Å². The third kappa shape index (κ3) is 6.01. The monoisotopic (exact) mass is 586 g/mol. The van der Waals surface area contributed by atoms with Crippen LogP contribution in [0.5, 0.6) is 0 Å². The van der Waals surface area contributed by atoms with Gasteiger partial charge >= 0.3 is 6.18 Å². The van der Waals surface area contributed by atoms with E-state index in [1.807, 2.05) is 0 Å². The van der Waals surface area contributed by atoms with Crippen molar-refractivity contribution < 1.29 is 22.8 Å². The summed E-state index contributed by atoms with van der Waals surface area (Å²) in [5, 5.41) is 6.14. The number of hydrogen-bond donors (Lipinski definition) is 2. The highest BCUT2D eigenvalue weighted by atomic mass is 19.4. The zero-order chi connectivity index (χ0) is 29.5.